The Morgan fingerprint density at radius 1 is 1.02 bits per heavy atom. The monoisotopic (exact) mass is 696 g/mol. The van der Waals surface area contributed by atoms with Crippen LogP contribution in [-0.4, -0.2) is 102 Å². The number of hydrogen-bond acceptors (Lipinski definition) is 11. The zero-order valence-electron chi connectivity index (χ0n) is 28.3. The Hall–Kier alpha value is -5.77. The van der Waals surface area contributed by atoms with E-state index >= 15 is 0 Å². The predicted molar refractivity (Wildman–Crippen MR) is 182 cm³/mol. The lowest BCUT2D eigenvalue weighted by molar-refractivity contribution is -0.133. The van der Waals surface area contributed by atoms with E-state index in [0.29, 0.717) is 70.2 Å². The first kappa shape index (κ1) is 32.4. The second kappa shape index (κ2) is 12.8. The van der Waals surface area contributed by atoms with Gasteiger partial charge >= 0.3 is 0 Å². The van der Waals surface area contributed by atoms with E-state index in [0.717, 1.165) is 0 Å². The minimum absolute atomic E-state index is 0.158. The summed E-state index contributed by atoms with van der Waals surface area (Å²) in [7, 11) is 3.20. The van der Waals surface area contributed by atoms with Crippen LogP contribution in [-0.2, 0) is 16.1 Å². The number of nitrogens with zero attached hydrogens (tertiary/aromatic N) is 10. The molecule has 6 aromatic rings. The van der Waals surface area contributed by atoms with Crippen molar-refractivity contribution in [3.05, 3.63) is 72.7 Å². The lowest BCUT2D eigenvalue weighted by atomic mass is 10.1. The quantitative estimate of drug-likeness (QED) is 0.257. The minimum Gasteiger partial charge on any atom is -0.494 e. The number of anilines is 1. The lowest BCUT2D eigenvalue weighted by Crippen LogP contribution is -2.47. The van der Waals surface area contributed by atoms with E-state index in [4.69, 9.17) is 19.2 Å². The van der Waals surface area contributed by atoms with Gasteiger partial charge in [-0.25, -0.2) is 33.4 Å². The standard InChI is InChI=1S/C35H34F2N10O4/c1-5-50-23-15-44(3)35(48)29-11-22(51-31-14-38-13-27(43-31)24-8-21(37)9-26-32(24)45(17-23)19(2)42-26)16-46(29)33-25-12-41-47(34(25)40-18-39-33)28-7-6-20(36)10-30(28)49-4/h6-10,12-14,18,22-23,29H,5,11,15-17H2,1-4H3/t22-,23+,29-/m0/s1. The number of carbonyl (C=O) groups is 1. The van der Waals surface area contributed by atoms with Crippen LogP contribution in [0.5, 0.6) is 11.6 Å². The first-order chi connectivity index (χ1) is 24.7. The molecule has 0 N–H and O–H groups in total. The number of imidazole rings is 1. The van der Waals surface area contributed by atoms with Gasteiger partial charge in [-0.1, -0.05) is 0 Å². The van der Waals surface area contributed by atoms with Gasteiger partial charge in [-0.15, -0.1) is 0 Å². The number of benzene rings is 2. The minimum atomic E-state index is -0.682. The Balaban J connectivity index is 1.23. The number of ether oxygens (including phenoxy) is 3. The number of methoxy groups -OCH3 is 1. The Kier molecular flexibility index (Phi) is 8.17. The molecule has 16 heteroatoms. The van der Waals surface area contributed by atoms with Crippen molar-refractivity contribution in [2.75, 3.05) is 38.8 Å². The van der Waals surface area contributed by atoms with Crippen LogP contribution in [0.3, 0.4) is 0 Å². The van der Waals surface area contributed by atoms with Crippen molar-refractivity contribution in [2.45, 2.75) is 45.1 Å². The van der Waals surface area contributed by atoms with Crippen molar-refractivity contribution in [3.8, 4) is 28.6 Å². The third-order valence-electron chi connectivity index (χ3n) is 9.35. The number of rotatable bonds is 5. The molecule has 4 bridgehead atoms. The van der Waals surface area contributed by atoms with Crippen LogP contribution < -0.4 is 14.4 Å². The molecular formula is C35H34F2N10O4. The maximum Gasteiger partial charge on any atom is 0.245 e. The van der Waals surface area contributed by atoms with Gasteiger partial charge in [0.2, 0.25) is 11.8 Å². The number of likely N-dealkylation sites (N-methyl/N-ethyl adjacent to an activating group) is 1. The molecule has 14 nitrogen and oxygen atoms in total. The molecule has 262 valence electrons. The highest BCUT2D eigenvalue weighted by molar-refractivity contribution is 5.93. The summed E-state index contributed by atoms with van der Waals surface area (Å²) in [5.41, 5.74) is 3.03. The summed E-state index contributed by atoms with van der Waals surface area (Å²) < 4.78 is 50.6. The molecule has 8 rings (SSSR count). The smallest absolute Gasteiger partial charge is 0.245 e. The van der Waals surface area contributed by atoms with Gasteiger partial charge in [0, 0.05) is 44.3 Å². The van der Waals surface area contributed by atoms with Gasteiger partial charge in [-0.05, 0) is 32.0 Å². The number of aromatic nitrogens is 8. The van der Waals surface area contributed by atoms with Crippen molar-refractivity contribution in [1.29, 1.82) is 0 Å². The molecule has 0 unspecified atom stereocenters. The second-order valence-corrected chi connectivity index (χ2v) is 12.6. The highest BCUT2D eigenvalue weighted by atomic mass is 19.1. The van der Waals surface area contributed by atoms with Crippen molar-refractivity contribution in [2.24, 2.45) is 0 Å². The van der Waals surface area contributed by atoms with Crippen LogP contribution in [0.4, 0.5) is 14.6 Å². The molecule has 0 aliphatic carbocycles. The SMILES string of the molecule is CCO[C@@H]1CN(C)C(=O)[C@@H]2C[C@@H](CN2c2ncnc3c2cnn3-c2ccc(F)cc2OC)Oc2cncc(n2)-c2cc(F)cc3nc(C)n(c23)C1. The topological polar surface area (TPSA) is 138 Å². The summed E-state index contributed by atoms with van der Waals surface area (Å²) in [6.45, 7) is 5.07. The zero-order chi connectivity index (χ0) is 35.4. The van der Waals surface area contributed by atoms with Gasteiger partial charge < -0.3 is 28.6 Å². The summed E-state index contributed by atoms with van der Waals surface area (Å²) in [4.78, 5) is 40.9. The van der Waals surface area contributed by atoms with Crippen molar-refractivity contribution in [3.63, 3.8) is 0 Å². The molecule has 51 heavy (non-hydrogen) atoms. The first-order valence-electron chi connectivity index (χ1n) is 16.5. The molecule has 1 fully saturated rings. The van der Waals surface area contributed by atoms with Gasteiger partial charge in [0.25, 0.3) is 0 Å². The maximum atomic E-state index is 15.0. The van der Waals surface area contributed by atoms with E-state index < -0.39 is 29.9 Å². The molecule has 2 aromatic carbocycles. The molecule has 1 amide bonds. The summed E-state index contributed by atoms with van der Waals surface area (Å²) in [6.07, 6.45) is 5.48. The Morgan fingerprint density at radius 2 is 1.88 bits per heavy atom. The van der Waals surface area contributed by atoms with Crippen molar-refractivity contribution in [1.82, 2.24) is 44.2 Å². The summed E-state index contributed by atoms with van der Waals surface area (Å²) in [5, 5.41) is 5.13. The fourth-order valence-electron chi connectivity index (χ4n) is 7.14. The lowest BCUT2D eigenvalue weighted by Gasteiger charge is -2.31. The molecule has 0 radical (unpaired) electrons. The van der Waals surface area contributed by atoms with Gasteiger partial charge in [-0.2, -0.15) is 5.10 Å². The molecule has 6 heterocycles. The number of fused-ring (bicyclic) bond motifs is 6. The molecule has 3 atom stereocenters. The normalized spacial score (nSPS) is 19.3. The largest absolute Gasteiger partial charge is 0.494 e. The molecule has 0 saturated carbocycles. The fraction of sp³-hybridized carbons (Fsp3) is 0.343. The third-order valence-corrected chi connectivity index (χ3v) is 9.35. The number of halogens is 2. The Labute approximate surface area is 290 Å². The van der Waals surface area contributed by atoms with Crippen LogP contribution in [0.15, 0.2) is 55.2 Å². The highest BCUT2D eigenvalue weighted by Gasteiger charge is 2.42. The predicted octanol–water partition coefficient (Wildman–Crippen LogP) is 4.12. The van der Waals surface area contributed by atoms with E-state index in [1.165, 1.54) is 43.9 Å². The van der Waals surface area contributed by atoms with Crippen molar-refractivity contribution < 1.29 is 27.8 Å². The molecule has 0 spiro atoms. The Bertz CT molecular complexity index is 2290. The second-order valence-electron chi connectivity index (χ2n) is 12.6. The molecular weight excluding hydrogens is 662 g/mol. The van der Waals surface area contributed by atoms with Crippen LogP contribution in [0.2, 0.25) is 0 Å². The molecule has 2 aliphatic heterocycles. The Morgan fingerprint density at radius 3 is 2.71 bits per heavy atom. The number of carbonyl (C=O) groups excluding carboxylic acids is 1. The fourth-order valence-corrected chi connectivity index (χ4v) is 7.14. The van der Waals surface area contributed by atoms with Crippen LogP contribution >= 0.6 is 0 Å². The van der Waals surface area contributed by atoms with Crippen LogP contribution in [0.1, 0.15) is 19.2 Å². The van der Waals surface area contributed by atoms with Crippen LogP contribution in [0, 0.1) is 18.6 Å². The highest BCUT2D eigenvalue weighted by Crippen LogP contribution is 2.35. The molecule has 4 aromatic heterocycles. The maximum absolute atomic E-state index is 15.0. The van der Waals surface area contributed by atoms with E-state index in [2.05, 4.69) is 25.0 Å². The van der Waals surface area contributed by atoms with Gasteiger partial charge in [0.15, 0.2) is 5.65 Å². The molecule has 1 saturated heterocycles. The van der Waals surface area contributed by atoms with Crippen molar-refractivity contribution >= 4 is 33.8 Å². The number of hydrogen-bond donors (Lipinski definition) is 0. The van der Waals surface area contributed by atoms with Gasteiger partial charge in [0.05, 0.1) is 67.0 Å². The molecule has 2 aliphatic rings. The summed E-state index contributed by atoms with van der Waals surface area (Å²) in [5.74, 6) is 0.590. The first-order valence-corrected chi connectivity index (χ1v) is 16.5. The average Bonchev–Trinajstić information content (AvgIpc) is 3.82. The van der Waals surface area contributed by atoms with E-state index in [-0.39, 0.29) is 30.6 Å². The van der Waals surface area contributed by atoms with E-state index in [1.807, 2.05) is 23.3 Å². The zero-order valence-corrected chi connectivity index (χ0v) is 28.3. The average molecular weight is 697 g/mol. The summed E-state index contributed by atoms with van der Waals surface area (Å²) >= 11 is 0. The van der Waals surface area contributed by atoms with Gasteiger partial charge in [0.1, 0.15) is 53.2 Å². The van der Waals surface area contributed by atoms with Gasteiger partial charge in [-0.3, -0.25) is 9.78 Å². The third kappa shape index (κ3) is 5.74. The van der Waals surface area contributed by atoms with Crippen LogP contribution in [0.25, 0.3) is 39.0 Å². The number of amides is 1. The van der Waals surface area contributed by atoms with E-state index in [9.17, 15) is 13.6 Å². The number of aryl methyl sites for hydroxylation is 1. The summed E-state index contributed by atoms with van der Waals surface area (Å²) in [6, 6.07) is 6.29. The van der Waals surface area contributed by atoms with E-state index in [1.54, 1.807) is 35.1 Å².